The van der Waals surface area contributed by atoms with E-state index in [-0.39, 0.29) is 11.8 Å². The van der Waals surface area contributed by atoms with E-state index in [2.05, 4.69) is 4.98 Å². The maximum atomic E-state index is 12.7. The molecule has 0 unspecified atom stereocenters. The molecule has 4 rings (SSSR count). The molecule has 0 radical (unpaired) electrons. The summed E-state index contributed by atoms with van der Waals surface area (Å²) in [6.45, 7) is 2.82. The first kappa shape index (κ1) is 15.8. The van der Waals surface area contributed by atoms with E-state index < -0.39 is 0 Å². The number of benzene rings is 1. The normalized spacial score (nSPS) is 16.9. The molecule has 128 valence electrons. The first-order valence-electron chi connectivity index (χ1n) is 8.41. The third-order valence-corrected chi connectivity index (χ3v) is 4.63. The molecule has 0 aliphatic carbocycles. The van der Waals surface area contributed by atoms with Gasteiger partial charge in [-0.2, -0.15) is 0 Å². The van der Waals surface area contributed by atoms with Crippen LogP contribution >= 0.6 is 0 Å². The molecule has 0 spiro atoms. The summed E-state index contributed by atoms with van der Waals surface area (Å²) in [4.78, 5) is 32.8. The number of pyridine rings is 1. The minimum absolute atomic E-state index is 0.00761. The van der Waals surface area contributed by atoms with Crippen LogP contribution in [0.2, 0.25) is 0 Å². The Hall–Kier alpha value is -2.73. The Bertz CT molecular complexity index is 801. The SMILES string of the molecule is O=C(c1ccc2c(c1)N(Cc1cccnc1)C(=O)C2)N1CCOCC1. The van der Waals surface area contributed by atoms with Gasteiger partial charge < -0.3 is 14.5 Å². The second-order valence-corrected chi connectivity index (χ2v) is 6.27. The lowest BCUT2D eigenvalue weighted by Crippen LogP contribution is -2.40. The molecule has 0 bridgehead atoms. The number of ether oxygens (including phenoxy) is 1. The zero-order chi connectivity index (χ0) is 17.2. The Labute approximate surface area is 146 Å². The van der Waals surface area contributed by atoms with E-state index in [1.54, 1.807) is 22.2 Å². The van der Waals surface area contributed by atoms with E-state index in [4.69, 9.17) is 4.74 Å². The van der Waals surface area contributed by atoms with Gasteiger partial charge in [-0.3, -0.25) is 14.6 Å². The molecule has 6 nitrogen and oxygen atoms in total. The molecule has 2 amide bonds. The average molecular weight is 337 g/mol. The monoisotopic (exact) mass is 337 g/mol. The lowest BCUT2D eigenvalue weighted by molar-refractivity contribution is -0.117. The van der Waals surface area contributed by atoms with Gasteiger partial charge in [0.1, 0.15) is 0 Å². The van der Waals surface area contributed by atoms with Crippen molar-refractivity contribution >= 4 is 17.5 Å². The van der Waals surface area contributed by atoms with Crippen molar-refractivity contribution in [3.63, 3.8) is 0 Å². The summed E-state index contributed by atoms with van der Waals surface area (Å²) in [5.74, 6) is 0.0431. The molecule has 2 aliphatic rings. The zero-order valence-corrected chi connectivity index (χ0v) is 13.9. The molecule has 2 aromatic rings. The fraction of sp³-hybridized carbons (Fsp3) is 0.316. The number of rotatable bonds is 3. The van der Waals surface area contributed by atoms with Crippen LogP contribution in [0.1, 0.15) is 21.5 Å². The molecule has 1 aromatic heterocycles. The molecule has 1 saturated heterocycles. The Morgan fingerprint density at radius 1 is 1.20 bits per heavy atom. The summed E-state index contributed by atoms with van der Waals surface area (Å²) < 4.78 is 5.30. The summed E-state index contributed by atoms with van der Waals surface area (Å²) >= 11 is 0. The standard InChI is InChI=1S/C19H19N3O3/c23-18-11-15-3-4-16(19(24)21-6-8-25-9-7-21)10-17(15)22(18)13-14-2-1-5-20-12-14/h1-5,10,12H,6-9,11,13H2. The smallest absolute Gasteiger partial charge is 0.254 e. The summed E-state index contributed by atoms with van der Waals surface area (Å²) in [6.07, 6.45) is 3.85. The van der Waals surface area contributed by atoms with Crippen molar-refractivity contribution in [3.8, 4) is 0 Å². The largest absolute Gasteiger partial charge is 0.378 e. The van der Waals surface area contributed by atoms with Crippen molar-refractivity contribution in [2.45, 2.75) is 13.0 Å². The Balaban J connectivity index is 1.60. The summed E-state index contributed by atoms with van der Waals surface area (Å²) in [5.41, 5.74) is 3.38. The summed E-state index contributed by atoms with van der Waals surface area (Å²) in [6, 6.07) is 9.35. The highest BCUT2D eigenvalue weighted by Gasteiger charge is 2.29. The third kappa shape index (κ3) is 3.13. The van der Waals surface area contributed by atoms with Gasteiger partial charge in [-0.25, -0.2) is 0 Å². The van der Waals surface area contributed by atoms with Crippen LogP contribution < -0.4 is 4.90 Å². The van der Waals surface area contributed by atoms with Crippen molar-refractivity contribution in [3.05, 3.63) is 59.4 Å². The number of carbonyl (C=O) groups is 2. The number of anilines is 1. The minimum Gasteiger partial charge on any atom is -0.378 e. The van der Waals surface area contributed by atoms with Crippen molar-refractivity contribution in [1.29, 1.82) is 0 Å². The average Bonchev–Trinajstić information content (AvgIpc) is 2.97. The molecule has 0 N–H and O–H groups in total. The first-order chi connectivity index (χ1) is 12.2. The number of carbonyl (C=O) groups excluding carboxylic acids is 2. The van der Waals surface area contributed by atoms with Crippen LogP contribution in [0.5, 0.6) is 0 Å². The Morgan fingerprint density at radius 2 is 2.04 bits per heavy atom. The number of hydrogen-bond acceptors (Lipinski definition) is 4. The van der Waals surface area contributed by atoms with Crippen LogP contribution in [-0.4, -0.2) is 48.0 Å². The van der Waals surface area contributed by atoms with Gasteiger partial charge in [-0.05, 0) is 29.3 Å². The second kappa shape index (κ2) is 6.64. The fourth-order valence-corrected chi connectivity index (χ4v) is 3.29. The third-order valence-electron chi connectivity index (χ3n) is 4.63. The highest BCUT2D eigenvalue weighted by atomic mass is 16.5. The van der Waals surface area contributed by atoms with Gasteiger partial charge in [0.05, 0.1) is 26.2 Å². The van der Waals surface area contributed by atoms with Crippen molar-refractivity contribution in [2.75, 3.05) is 31.2 Å². The topological polar surface area (TPSA) is 62.7 Å². The molecule has 0 atom stereocenters. The van der Waals surface area contributed by atoms with Gasteiger partial charge in [0.15, 0.2) is 0 Å². The zero-order valence-electron chi connectivity index (χ0n) is 13.9. The summed E-state index contributed by atoms with van der Waals surface area (Å²) in [5, 5.41) is 0. The number of fused-ring (bicyclic) bond motifs is 1. The van der Waals surface area contributed by atoms with E-state index in [0.717, 1.165) is 16.8 Å². The Kier molecular flexibility index (Phi) is 4.19. The van der Waals surface area contributed by atoms with Crippen LogP contribution in [0.15, 0.2) is 42.7 Å². The Morgan fingerprint density at radius 3 is 2.80 bits per heavy atom. The number of morpholine rings is 1. The van der Waals surface area contributed by atoms with Crippen LogP contribution in [0.4, 0.5) is 5.69 Å². The van der Waals surface area contributed by atoms with E-state index in [0.29, 0.717) is 44.8 Å². The molecule has 6 heteroatoms. The maximum Gasteiger partial charge on any atom is 0.254 e. The molecule has 0 saturated carbocycles. The van der Waals surface area contributed by atoms with E-state index in [1.165, 1.54) is 0 Å². The molecule has 2 aliphatic heterocycles. The van der Waals surface area contributed by atoms with Crippen LogP contribution in [0, 0.1) is 0 Å². The van der Waals surface area contributed by atoms with Gasteiger partial charge in [0, 0.05) is 36.7 Å². The van der Waals surface area contributed by atoms with E-state index in [9.17, 15) is 9.59 Å². The van der Waals surface area contributed by atoms with E-state index in [1.807, 2.05) is 30.3 Å². The molecule has 1 fully saturated rings. The summed E-state index contributed by atoms with van der Waals surface area (Å²) in [7, 11) is 0. The number of aromatic nitrogens is 1. The van der Waals surface area contributed by atoms with Gasteiger partial charge in [-0.1, -0.05) is 12.1 Å². The van der Waals surface area contributed by atoms with Crippen LogP contribution in [0.3, 0.4) is 0 Å². The first-order valence-corrected chi connectivity index (χ1v) is 8.41. The van der Waals surface area contributed by atoms with Gasteiger partial charge >= 0.3 is 0 Å². The lowest BCUT2D eigenvalue weighted by Gasteiger charge is -2.27. The lowest BCUT2D eigenvalue weighted by atomic mass is 10.1. The van der Waals surface area contributed by atoms with E-state index >= 15 is 0 Å². The van der Waals surface area contributed by atoms with Gasteiger partial charge in [0.25, 0.3) is 5.91 Å². The van der Waals surface area contributed by atoms with Gasteiger partial charge in [0.2, 0.25) is 5.91 Å². The predicted octanol–water partition coefficient (Wildman–Crippen LogP) is 1.64. The number of hydrogen-bond donors (Lipinski definition) is 0. The predicted molar refractivity (Wildman–Crippen MR) is 92.3 cm³/mol. The second-order valence-electron chi connectivity index (χ2n) is 6.27. The molecular weight excluding hydrogens is 318 g/mol. The maximum absolute atomic E-state index is 12.7. The number of amides is 2. The minimum atomic E-state index is -0.00761. The molecule has 1 aromatic carbocycles. The number of nitrogens with zero attached hydrogens (tertiary/aromatic N) is 3. The molecular formula is C19H19N3O3. The van der Waals surface area contributed by atoms with Crippen molar-refractivity contribution < 1.29 is 14.3 Å². The van der Waals surface area contributed by atoms with Crippen LogP contribution in [0.25, 0.3) is 0 Å². The highest BCUT2D eigenvalue weighted by molar-refractivity contribution is 6.03. The highest BCUT2D eigenvalue weighted by Crippen LogP contribution is 2.31. The fourth-order valence-electron chi connectivity index (χ4n) is 3.29. The van der Waals surface area contributed by atoms with Gasteiger partial charge in [-0.15, -0.1) is 0 Å². The van der Waals surface area contributed by atoms with Crippen LogP contribution in [-0.2, 0) is 22.5 Å². The van der Waals surface area contributed by atoms with Crippen molar-refractivity contribution in [2.24, 2.45) is 0 Å². The quantitative estimate of drug-likeness (QED) is 0.854. The molecule has 25 heavy (non-hydrogen) atoms. The molecule has 3 heterocycles. The van der Waals surface area contributed by atoms with Crippen molar-refractivity contribution in [1.82, 2.24) is 9.88 Å².